The van der Waals surface area contributed by atoms with E-state index in [1.54, 1.807) is 13.8 Å². The van der Waals surface area contributed by atoms with Gasteiger partial charge < -0.3 is 9.84 Å². The molecule has 0 aliphatic heterocycles. The Bertz CT molecular complexity index is 342. The second-order valence-corrected chi connectivity index (χ2v) is 8.52. The first-order valence-corrected chi connectivity index (χ1v) is 7.88. The fourth-order valence-corrected chi connectivity index (χ4v) is 5.30. The zero-order valence-corrected chi connectivity index (χ0v) is 13.8. The van der Waals surface area contributed by atoms with Gasteiger partial charge in [0.05, 0.1) is 6.10 Å². The first-order chi connectivity index (χ1) is 8.48. The van der Waals surface area contributed by atoms with Gasteiger partial charge in [0.1, 0.15) is 0 Å². The fourth-order valence-electron chi connectivity index (χ4n) is 5.30. The molecule has 0 aromatic heterocycles. The molecular formula is C17H32O2. The molecule has 2 nitrogen and oxygen atoms in total. The van der Waals surface area contributed by atoms with E-state index in [9.17, 15) is 5.11 Å². The number of hydrogen-bond acceptors (Lipinski definition) is 2. The Labute approximate surface area is 118 Å². The quantitative estimate of drug-likeness (QED) is 0.760. The van der Waals surface area contributed by atoms with E-state index in [-0.39, 0.29) is 11.5 Å². The third-order valence-corrected chi connectivity index (χ3v) is 6.14. The minimum Gasteiger partial charge on any atom is -0.366 e. The normalized spacial score (nSPS) is 46.1. The molecule has 2 heteroatoms. The van der Waals surface area contributed by atoms with E-state index in [2.05, 4.69) is 34.6 Å². The highest BCUT2D eigenvalue weighted by molar-refractivity contribution is 5.07. The number of hydrogen-bond donors (Lipinski definition) is 1. The molecule has 2 fully saturated rings. The Morgan fingerprint density at radius 1 is 1.11 bits per heavy atom. The van der Waals surface area contributed by atoms with E-state index in [0.29, 0.717) is 17.3 Å². The summed E-state index contributed by atoms with van der Waals surface area (Å²) in [6.45, 7) is 15.4. The molecule has 0 spiro atoms. The summed E-state index contributed by atoms with van der Waals surface area (Å²) >= 11 is 0. The maximum absolute atomic E-state index is 10.1. The zero-order chi connectivity index (χ0) is 14.6. The van der Waals surface area contributed by atoms with Crippen LogP contribution in [0.15, 0.2) is 0 Å². The van der Waals surface area contributed by atoms with Gasteiger partial charge in [-0.1, -0.05) is 34.6 Å². The summed E-state index contributed by atoms with van der Waals surface area (Å²) in [6.07, 6.45) is 4.02. The van der Waals surface area contributed by atoms with E-state index in [4.69, 9.17) is 4.74 Å². The molecular weight excluding hydrogens is 236 g/mol. The lowest BCUT2D eigenvalue weighted by Gasteiger charge is -2.56. The number of rotatable bonds is 2. The zero-order valence-electron chi connectivity index (χ0n) is 13.8. The van der Waals surface area contributed by atoms with Crippen molar-refractivity contribution in [3.8, 4) is 0 Å². The van der Waals surface area contributed by atoms with Crippen LogP contribution in [-0.4, -0.2) is 17.0 Å². The highest BCUT2D eigenvalue weighted by Crippen LogP contribution is 2.63. The molecule has 0 aromatic carbocycles. The fraction of sp³-hybridized carbons (Fsp3) is 1.00. The molecule has 0 heterocycles. The summed E-state index contributed by atoms with van der Waals surface area (Å²) in [6, 6.07) is 0. The van der Waals surface area contributed by atoms with Gasteiger partial charge in [-0.25, -0.2) is 0 Å². The van der Waals surface area contributed by atoms with Crippen LogP contribution in [-0.2, 0) is 4.74 Å². The summed E-state index contributed by atoms with van der Waals surface area (Å²) in [5, 5.41) is 10.1. The van der Waals surface area contributed by atoms with Crippen molar-refractivity contribution in [1.29, 1.82) is 0 Å². The lowest BCUT2D eigenvalue weighted by molar-refractivity contribution is -0.265. The van der Waals surface area contributed by atoms with Gasteiger partial charge in [-0.15, -0.1) is 0 Å². The Morgan fingerprint density at radius 2 is 1.68 bits per heavy atom. The highest BCUT2D eigenvalue weighted by Gasteiger charge is 2.59. The lowest BCUT2D eigenvalue weighted by atomic mass is 9.52. The summed E-state index contributed by atoms with van der Waals surface area (Å²) in [4.78, 5) is 0. The molecule has 2 rings (SSSR count). The Hall–Kier alpha value is -0.0800. The minimum atomic E-state index is -1.03. The maximum Gasteiger partial charge on any atom is 0.160 e. The summed E-state index contributed by atoms with van der Waals surface area (Å²) in [5.74, 6) is 0.984. The molecule has 0 aromatic rings. The number of ether oxygens (including phenoxy) is 1. The molecule has 0 bridgehead atoms. The average Bonchev–Trinajstić information content (AvgIpc) is 2.50. The second-order valence-electron chi connectivity index (χ2n) is 8.52. The van der Waals surface area contributed by atoms with Gasteiger partial charge in [0.25, 0.3) is 0 Å². The van der Waals surface area contributed by atoms with Crippen LogP contribution < -0.4 is 0 Å². The van der Waals surface area contributed by atoms with Crippen LogP contribution >= 0.6 is 0 Å². The van der Waals surface area contributed by atoms with Gasteiger partial charge in [0, 0.05) is 0 Å². The van der Waals surface area contributed by atoms with Crippen LogP contribution in [0.5, 0.6) is 0 Å². The largest absolute Gasteiger partial charge is 0.366 e. The highest BCUT2D eigenvalue weighted by atomic mass is 16.6. The predicted molar refractivity (Wildman–Crippen MR) is 78.7 cm³/mol. The molecule has 0 radical (unpaired) electrons. The van der Waals surface area contributed by atoms with Gasteiger partial charge in [-0.3, -0.25) is 0 Å². The Balaban J connectivity index is 2.30. The van der Waals surface area contributed by atoms with Crippen LogP contribution in [0, 0.1) is 28.6 Å². The summed E-state index contributed by atoms with van der Waals surface area (Å²) in [7, 11) is 0. The first kappa shape index (κ1) is 15.3. The van der Waals surface area contributed by atoms with Crippen LogP contribution in [0.2, 0.25) is 0 Å². The van der Waals surface area contributed by atoms with Crippen molar-refractivity contribution in [3.63, 3.8) is 0 Å². The van der Waals surface area contributed by atoms with Crippen molar-refractivity contribution >= 4 is 0 Å². The molecule has 5 atom stereocenters. The number of aliphatic hydroxyl groups is 1. The van der Waals surface area contributed by atoms with Crippen molar-refractivity contribution in [1.82, 2.24) is 0 Å². The third-order valence-electron chi connectivity index (χ3n) is 6.14. The van der Waals surface area contributed by atoms with Crippen LogP contribution in [0.25, 0.3) is 0 Å². The molecule has 19 heavy (non-hydrogen) atoms. The summed E-state index contributed by atoms with van der Waals surface area (Å²) < 4.78 is 6.05. The SMILES string of the molecule is CC1C[C@]2(C)[C@H](C)CC[C@H]2C(C)(C)C1OC(C)(C)O. The van der Waals surface area contributed by atoms with Crippen LogP contribution in [0.4, 0.5) is 0 Å². The maximum atomic E-state index is 10.1. The van der Waals surface area contributed by atoms with Crippen molar-refractivity contribution in [3.05, 3.63) is 0 Å². The van der Waals surface area contributed by atoms with Crippen LogP contribution in [0.3, 0.4) is 0 Å². The molecule has 1 N–H and O–H groups in total. The van der Waals surface area contributed by atoms with Gasteiger partial charge >= 0.3 is 0 Å². The predicted octanol–water partition coefficient (Wildman–Crippen LogP) is 4.22. The third kappa shape index (κ3) is 2.47. The van der Waals surface area contributed by atoms with Gasteiger partial charge in [0.2, 0.25) is 0 Å². The van der Waals surface area contributed by atoms with Crippen molar-refractivity contribution in [2.45, 2.75) is 79.6 Å². The minimum absolute atomic E-state index is 0.136. The van der Waals surface area contributed by atoms with Crippen molar-refractivity contribution in [2.24, 2.45) is 28.6 Å². The van der Waals surface area contributed by atoms with E-state index < -0.39 is 5.79 Å². The van der Waals surface area contributed by atoms with E-state index in [1.807, 2.05) is 0 Å². The van der Waals surface area contributed by atoms with E-state index >= 15 is 0 Å². The average molecular weight is 268 g/mol. The lowest BCUT2D eigenvalue weighted by Crippen LogP contribution is -2.55. The van der Waals surface area contributed by atoms with Crippen LogP contribution in [0.1, 0.15) is 67.7 Å². The standard InChI is InChI=1S/C17H32O2/c1-11-10-17(7)12(2)8-9-13(17)15(3,4)14(11)19-16(5,6)18/h11-14,18H,8-10H2,1-7H3/t11?,12-,13+,14?,17-/m1/s1. The van der Waals surface area contributed by atoms with Crippen molar-refractivity contribution in [2.75, 3.05) is 0 Å². The molecule has 2 saturated carbocycles. The monoisotopic (exact) mass is 268 g/mol. The number of fused-ring (bicyclic) bond motifs is 1. The molecule has 2 unspecified atom stereocenters. The Kier molecular flexibility index (Phi) is 3.59. The first-order valence-electron chi connectivity index (χ1n) is 7.88. The van der Waals surface area contributed by atoms with Gasteiger partial charge in [0.15, 0.2) is 5.79 Å². The topological polar surface area (TPSA) is 29.5 Å². The van der Waals surface area contributed by atoms with Gasteiger partial charge in [-0.2, -0.15) is 0 Å². The van der Waals surface area contributed by atoms with E-state index in [0.717, 1.165) is 5.92 Å². The second kappa shape index (κ2) is 4.46. The molecule has 2 aliphatic carbocycles. The Morgan fingerprint density at radius 3 is 2.21 bits per heavy atom. The smallest absolute Gasteiger partial charge is 0.160 e. The molecule has 0 saturated heterocycles. The molecule has 2 aliphatic rings. The molecule has 112 valence electrons. The van der Waals surface area contributed by atoms with Gasteiger partial charge in [-0.05, 0) is 61.7 Å². The molecule has 0 amide bonds. The summed E-state index contributed by atoms with van der Waals surface area (Å²) in [5.41, 5.74) is 0.583. The van der Waals surface area contributed by atoms with E-state index in [1.165, 1.54) is 19.3 Å². The van der Waals surface area contributed by atoms with Crippen molar-refractivity contribution < 1.29 is 9.84 Å².